The SMILES string of the molecule is O=C(Nc1nccs1)c1cc(-c2cccs2)[nH]n1. The number of hydrogen-bond acceptors (Lipinski definition) is 5. The zero-order valence-corrected chi connectivity index (χ0v) is 10.7. The van der Waals surface area contributed by atoms with Gasteiger partial charge < -0.3 is 0 Å². The van der Waals surface area contributed by atoms with Crippen LogP contribution in [0, 0.1) is 0 Å². The first kappa shape index (κ1) is 11.1. The molecule has 0 aliphatic heterocycles. The number of thiophene rings is 1. The van der Waals surface area contributed by atoms with Crippen LogP contribution >= 0.6 is 22.7 Å². The average molecular weight is 276 g/mol. The fourth-order valence-corrected chi connectivity index (χ4v) is 2.66. The lowest BCUT2D eigenvalue weighted by Crippen LogP contribution is -2.11. The molecule has 0 bridgehead atoms. The first-order valence-electron chi connectivity index (χ1n) is 5.13. The summed E-state index contributed by atoms with van der Waals surface area (Å²) in [6.07, 6.45) is 1.64. The molecule has 5 nitrogen and oxygen atoms in total. The largest absolute Gasteiger partial charge is 0.296 e. The van der Waals surface area contributed by atoms with Crippen molar-refractivity contribution in [3.8, 4) is 10.6 Å². The molecule has 2 N–H and O–H groups in total. The first-order valence-corrected chi connectivity index (χ1v) is 6.89. The second kappa shape index (κ2) is 4.71. The summed E-state index contributed by atoms with van der Waals surface area (Å²) in [7, 11) is 0. The van der Waals surface area contributed by atoms with Crippen molar-refractivity contribution in [1.29, 1.82) is 0 Å². The molecule has 0 aromatic carbocycles. The molecular formula is C11H8N4OS2. The molecule has 0 saturated heterocycles. The van der Waals surface area contributed by atoms with Gasteiger partial charge in [0, 0.05) is 11.6 Å². The summed E-state index contributed by atoms with van der Waals surface area (Å²) in [6, 6.07) is 5.66. The smallest absolute Gasteiger partial charge is 0.277 e. The summed E-state index contributed by atoms with van der Waals surface area (Å²) >= 11 is 2.96. The Morgan fingerprint density at radius 1 is 1.33 bits per heavy atom. The van der Waals surface area contributed by atoms with Crippen molar-refractivity contribution in [1.82, 2.24) is 15.2 Å². The van der Waals surface area contributed by atoms with Crippen molar-refractivity contribution in [2.75, 3.05) is 5.32 Å². The van der Waals surface area contributed by atoms with Crippen molar-refractivity contribution < 1.29 is 4.79 Å². The van der Waals surface area contributed by atoms with Crippen LogP contribution in [0.4, 0.5) is 5.13 Å². The lowest BCUT2D eigenvalue weighted by atomic mass is 10.3. The van der Waals surface area contributed by atoms with E-state index in [1.165, 1.54) is 11.3 Å². The van der Waals surface area contributed by atoms with Crippen LogP contribution in [0.15, 0.2) is 35.2 Å². The topological polar surface area (TPSA) is 70.7 Å². The second-order valence-electron chi connectivity index (χ2n) is 3.44. The van der Waals surface area contributed by atoms with E-state index in [0.29, 0.717) is 10.8 Å². The summed E-state index contributed by atoms with van der Waals surface area (Å²) in [5.41, 5.74) is 1.20. The molecule has 0 unspecified atom stereocenters. The highest BCUT2D eigenvalue weighted by Gasteiger charge is 2.12. The highest BCUT2D eigenvalue weighted by Crippen LogP contribution is 2.23. The van der Waals surface area contributed by atoms with E-state index in [1.807, 2.05) is 17.5 Å². The number of nitrogens with one attached hydrogen (secondary N) is 2. The molecule has 7 heteroatoms. The molecule has 1 amide bonds. The van der Waals surface area contributed by atoms with E-state index in [-0.39, 0.29) is 5.91 Å². The predicted octanol–water partition coefficient (Wildman–Crippen LogP) is 2.85. The molecule has 0 radical (unpaired) electrons. The normalized spacial score (nSPS) is 10.4. The number of H-pyrrole nitrogens is 1. The van der Waals surface area contributed by atoms with Crippen LogP contribution in [0.1, 0.15) is 10.5 Å². The van der Waals surface area contributed by atoms with Crippen molar-refractivity contribution >= 4 is 33.7 Å². The molecule has 3 rings (SSSR count). The van der Waals surface area contributed by atoms with Gasteiger partial charge in [0.2, 0.25) is 0 Å². The maximum atomic E-state index is 11.9. The van der Waals surface area contributed by atoms with Gasteiger partial charge in [0.05, 0.1) is 10.6 Å². The number of anilines is 1. The molecule has 3 aromatic rings. The number of nitrogens with zero attached hydrogens (tertiary/aromatic N) is 2. The van der Waals surface area contributed by atoms with Gasteiger partial charge >= 0.3 is 0 Å². The van der Waals surface area contributed by atoms with Crippen molar-refractivity contribution in [3.05, 3.63) is 40.8 Å². The lowest BCUT2D eigenvalue weighted by Gasteiger charge is -1.95. The summed E-state index contributed by atoms with van der Waals surface area (Å²) in [5, 5.41) is 13.9. The van der Waals surface area contributed by atoms with Gasteiger partial charge in [0.15, 0.2) is 10.8 Å². The quantitative estimate of drug-likeness (QED) is 0.772. The second-order valence-corrected chi connectivity index (χ2v) is 5.28. The van der Waals surface area contributed by atoms with Crippen molar-refractivity contribution in [2.45, 2.75) is 0 Å². The number of hydrogen-bond donors (Lipinski definition) is 2. The number of rotatable bonds is 3. The number of carbonyl (C=O) groups is 1. The van der Waals surface area contributed by atoms with E-state index in [4.69, 9.17) is 0 Å². The molecule has 0 spiro atoms. The van der Waals surface area contributed by atoms with Gasteiger partial charge in [0.1, 0.15) is 0 Å². The molecule has 18 heavy (non-hydrogen) atoms. The van der Waals surface area contributed by atoms with Crippen LogP contribution in [0.2, 0.25) is 0 Å². The van der Waals surface area contributed by atoms with Gasteiger partial charge in [-0.3, -0.25) is 15.2 Å². The van der Waals surface area contributed by atoms with Gasteiger partial charge in [-0.1, -0.05) is 6.07 Å². The van der Waals surface area contributed by atoms with Gasteiger partial charge in [-0.05, 0) is 17.5 Å². The average Bonchev–Trinajstić information content (AvgIpc) is 3.11. The van der Waals surface area contributed by atoms with E-state index in [1.54, 1.807) is 29.0 Å². The third-order valence-electron chi connectivity index (χ3n) is 2.25. The molecule has 0 atom stereocenters. The maximum Gasteiger partial charge on any atom is 0.277 e. The molecule has 0 aliphatic carbocycles. The lowest BCUT2D eigenvalue weighted by molar-refractivity contribution is 0.102. The molecule has 0 saturated carbocycles. The number of aromatic nitrogens is 3. The Labute approximate surface area is 111 Å². The Bertz CT molecular complexity index is 642. The summed E-state index contributed by atoms with van der Waals surface area (Å²) in [4.78, 5) is 16.9. The predicted molar refractivity (Wildman–Crippen MR) is 72.0 cm³/mol. The van der Waals surface area contributed by atoms with Crippen LogP contribution in [-0.2, 0) is 0 Å². The summed E-state index contributed by atoms with van der Waals surface area (Å²) in [5.74, 6) is -0.260. The van der Waals surface area contributed by atoms with E-state index in [2.05, 4.69) is 20.5 Å². The van der Waals surface area contributed by atoms with Crippen LogP contribution in [0.5, 0.6) is 0 Å². The highest BCUT2D eigenvalue weighted by atomic mass is 32.1. The van der Waals surface area contributed by atoms with Gasteiger partial charge in [-0.2, -0.15) is 5.10 Å². The molecular weight excluding hydrogens is 268 g/mol. The first-order chi connectivity index (χ1) is 8.83. The van der Waals surface area contributed by atoms with E-state index < -0.39 is 0 Å². The molecule has 0 fully saturated rings. The van der Waals surface area contributed by atoms with Gasteiger partial charge in [0.25, 0.3) is 5.91 Å². The number of thiazole rings is 1. The monoisotopic (exact) mass is 276 g/mol. The molecule has 0 aliphatic rings. The highest BCUT2D eigenvalue weighted by molar-refractivity contribution is 7.14. The third-order valence-corrected chi connectivity index (χ3v) is 3.84. The minimum absolute atomic E-state index is 0.260. The Morgan fingerprint density at radius 2 is 2.28 bits per heavy atom. The van der Waals surface area contributed by atoms with Crippen LogP contribution in [0.3, 0.4) is 0 Å². The van der Waals surface area contributed by atoms with Gasteiger partial charge in [-0.15, -0.1) is 22.7 Å². The van der Waals surface area contributed by atoms with E-state index in [9.17, 15) is 4.79 Å². The Balaban J connectivity index is 1.79. The third kappa shape index (κ3) is 2.18. The number of carbonyl (C=O) groups excluding carboxylic acids is 1. The van der Waals surface area contributed by atoms with Crippen LogP contribution < -0.4 is 5.32 Å². The number of aromatic amines is 1. The Morgan fingerprint density at radius 3 is 3.00 bits per heavy atom. The Hall–Kier alpha value is -1.99. The zero-order valence-electron chi connectivity index (χ0n) is 9.08. The fourth-order valence-electron chi connectivity index (χ4n) is 1.44. The minimum Gasteiger partial charge on any atom is -0.296 e. The standard InChI is InChI=1S/C11H8N4OS2/c16-10(13-11-12-3-5-18-11)8-6-7(14-15-8)9-2-1-4-17-9/h1-6H,(H,14,15)(H,12,13,16). The summed E-state index contributed by atoms with van der Waals surface area (Å²) in [6.45, 7) is 0. The molecule has 3 aromatic heterocycles. The molecule has 90 valence electrons. The zero-order chi connectivity index (χ0) is 12.4. The van der Waals surface area contributed by atoms with E-state index in [0.717, 1.165) is 10.6 Å². The molecule has 3 heterocycles. The van der Waals surface area contributed by atoms with Crippen LogP contribution in [0.25, 0.3) is 10.6 Å². The Kier molecular flexibility index (Phi) is 2.91. The maximum absolute atomic E-state index is 11.9. The number of amides is 1. The van der Waals surface area contributed by atoms with Crippen molar-refractivity contribution in [2.24, 2.45) is 0 Å². The van der Waals surface area contributed by atoms with Crippen LogP contribution in [-0.4, -0.2) is 21.1 Å². The van der Waals surface area contributed by atoms with E-state index >= 15 is 0 Å². The minimum atomic E-state index is -0.260. The summed E-state index contributed by atoms with van der Waals surface area (Å²) < 4.78 is 0. The van der Waals surface area contributed by atoms with Crippen molar-refractivity contribution in [3.63, 3.8) is 0 Å². The fraction of sp³-hybridized carbons (Fsp3) is 0. The van der Waals surface area contributed by atoms with Gasteiger partial charge in [-0.25, -0.2) is 4.98 Å².